The zero-order valence-corrected chi connectivity index (χ0v) is 14.1. The van der Waals surface area contributed by atoms with E-state index in [2.05, 4.69) is 4.98 Å². The van der Waals surface area contributed by atoms with E-state index in [1.54, 1.807) is 11.0 Å². The molecule has 0 saturated carbocycles. The van der Waals surface area contributed by atoms with Gasteiger partial charge in [-0.25, -0.2) is 4.98 Å². The number of hydrogen-bond acceptors (Lipinski definition) is 5. The first-order valence-electron chi connectivity index (χ1n) is 8.19. The van der Waals surface area contributed by atoms with Crippen LogP contribution in [0.5, 0.6) is 0 Å². The number of para-hydroxylation sites is 1. The third kappa shape index (κ3) is 3.69. The van der Waals surface area contributed by atoms with Gasteiger partial charge in [0.05, 0.1) is 23.8 Å². The van der Waals surface area contributed by atoms with E-state index < -0.39 is 0 Å². The number of amides is 2. The van der Waals surface area contributed by atoms with E-state index in [-0.39, 0.29) is 30.5 Å². The van der Waals surface area contributed by atoms with Gasteiger partial charge in [0.15, 0.2) is 0 Å². The number of primary amides is 1. The second-order valence-electron chi connectivity index (χ2n) is 6.27. The SMILES string of the molecule is Cc1cccc2c(=O)n(CC(=O)N3CCN(CC(N)=O)CC3)cnc12. The van der Waals surface area contributed by atoms with Gasteiger partial charge in [-0.3, -0.25) is 23.9 Å². The molecule has 0 bridgehead atoms. The zero-order chi connectivity index (χ0) is 18.0. The Labute approximate surface area is 144 Å². The summed E-state index contributed by atoms with van der Waals surface area (Å²) in [4.78, 5) is 43.9. The van der Waals surface area contributed by atoms with Crippen molar-refractivity contribution in [3.63, 3.8) is 0 Å². The molecule has 0 unspecified atom stereocenters. The fraction of sp³-hybridized carbons (Fsp3) is 0.412. The van der Waals surface area contributed by atoms with E-state index in [9.17, 15) is 14.4 Å². The first-order chi connectivity index (χ1) is 12.0. The van der Waals surface area contributed by atoms with Crippen molar-refractivity contribution in [3.8, 4) is 0 Å². The average molecular weight is 343 g/mol. The Balaban J connectivity index is 1.70. The highest BCUT2D eigenvalue weighted by atomic mass is 16.2. The number of carbonyl (C=O) groups is 2. The van der Waals surface area contributed by atoms with Gasteiger partial charge in [0.25, 0.3) is 5.56 Å². The Morgan fingerprint density at radius 1 is 1.16 bits per heavy atom. The minimum Gasteiger partial charge on any atom is -0.369 e. The molecule has 0 radical (unpaired) electrons. The molecule has 1 aromatic carbocycles. The maximum Gasteiger partial charge on any atom is 0.261 e. The van der Waals surface area contributed by atoms with Gasteiger partial charge in [-0.15, -0.1) is 0 Å². The first kappa shape index (κ1) is 17.1. The highest BCUT2D eigenvalue weighted by Gasteiger charge is 2.22. The number of benzene rings is 1. The van der Waals surface area contributed by atoms with Crippen molar-refractivity contribution in [2.75, 3.05) is 32.7 Å². The van der Waals surface area contributed by atoms with E-state index in [0.717, 1.165) is 5.56 Å². The number of hydrogen-bond donors (Lipinski definition) is 1. The lowest BCUT2D eigenvalue weighted by molar-refractivity contribution is -0.133. The summed E-state index contributed by atoms with van der Waals surface area (Å²) in [6, 6.07) is 5.43. The molecule has 2 N–H and O–H groups in total. The smallest absolute Gasteiger partial charge is 0.261 e. The Morgan fingerprint density at radius 3 is 2.56 bits per heavy atom. The minimum atomic E-state index is -0.371. The monoisotopic (exact) mass is 343 g/mol. The number of rotatable bonds is 4. The highest BCUT2D eigenvalue weighted by Crippen LogP contribution is 2.11. The number of carbonyl (C=O) groups excluding carboxylic acids is 2. The minimum absolute atomic E-state index is 0.0362. The molecule has 8 nitrogen and oxygen atoms in total. The van der Waals surface area contributed by atoms with Crippen molar-refractivity contribution >= 4 is 22.7 Å². The Hall–Kier alpha value is -2.74. The molecule has 1 fully saturated rings. The number of piperazine rings is 1. The number of fused-ring (bicyclic) bond motifs is 1. The van der Waals surface area contributed by atoms with Crippen molar-refractivity contribution in [3.05, 3.63) is 40.4 Å². The molecule has 1 aliphatic rings. The van der Waals surface area contributed by atoms with Gasteiger partial charge in [-0.05, 0) is 18.6 Å². The fourth-order valence-corrected chi connectivity index (χ4v) is 3.07. The standard InChI is InChI=1S/C17H21N5O3/c1-12-3-2-4-13-16(12)19-11-22(17(13)25)10-15(24)21-7-5-20(6-8-21)9-14(18)23/h2-4,11H,5-10H2,1H3,(H2,18,23). The largest absolute Gasteiger partial charge is 0.369 e. The van der Waals surface area contributed by atoms with Crippen LogP contribution in [0.25, 0.3) is 10.9 Å². The molecule has 1 saturated heterocycles. The van der Waals surface area contributed by atoms with Gasteiger partial charge in [0, 0.05) is 26.2 Å². The number of nitrogens with two attached hydrogens (primary N) is 1. The molecule has 0 atom stereocenters. The van der Waals surface area contributed by atoms with Crippen LogP contribution in [0, 0.1) is 6.92 Å². The van der Waals surface area contributed by atoms with Crippen molar-refractivity contribution in [1.29, 1.82) is 0 Å². The molecule has 8 heteroatoms. The lowest BCUT2D eigenvalue weighted by Crippen LogP contribution is -2.51. The van der Waals surface area contributed by atoms with Crippen LogP contribution in [-0.2, 0) is 16.1 Å². The summed E-state index contributed by atoms with van der Waals surface area (Å²) < 4.78 is 1.35. The summed E-state index contributed by atoms with van der Waals surface area (Å²) in [6.45, 7) is 4.29. The molecule has 1 aliphatic heterocycles. The van der Waals surface area contributed by atoms with Crippen LogP contribution in [0.1, 0.15) is 5.56 Å². The van der Waals surface area contributed by atoms with Gasteiger partial charge < -0.3 is 10.6 Å². The maximum atomic E-state index is 12.6. The Kier molecular flexibility index (Phi) is 4.80. The lowest BCUT2D eigenvalue weighted by atomic mass is 10.1. The van der Waals surface area contributed by atoms with Crippen molar-refractivity contribution in [1.82, 2.24) is 19.4 Å². The lowest BCUT2D eigenvalue weighted by Gasteiger charge is -2.34. The predicted octanol–water partition coefficient (Wildman–Crippen LogP) is -0.666. The average Bonchev–Trinajstić information content (AvgIpc) is 2.58. The van der Waals surface area contributed by atoms with Gasteiger partial charge in [-0.2, -0.15) is 0 Å². The topological polar surface area (TPSA) is 102 Å². The molecule has 132 valence electrons. The third-order valence-corrected chi connectivity index (χ3v) is 4.47. The van der Waals surface area contributed by atoms with Crippen LogP contribution in [-0.4, -0.2) is 63.9 Å². The van der Waals surface area contributed by atoms with Crippen molar-refractivity contribution < 1.29 is 9.59 Å². The molecule has 2 amide bonds. The quantitative estimate of drug-likeness (QED) is 0.794. The van der Waals surface area contributed by atoms with Gasteiger partial charge in [0.1, 0.15) is 6.54 Å². The van der Waals surface area contributed by atoms with Crippen LogP contribution in [0.4, 0.5) is 0 Å². The van der Waals surface area contributed by atoms with E-state index in [4.69, 9.17) is 5.73 Å². The molecule has 0 spiro atoms. The molecule has 2 heterocycles. The molecule has 2 aromatic rings. The van der Waals surface area contributed by atoms with Gasteiger partial charge in [-0.1, -0.05) is 12.1 Å². The van der Waals surface area contributed by atoms with E-state index >= 15 is 0 Å². The van der Waals surface area contributed by atoms with E-state index in [0.29, 0.717) is 37.1 Å². The van der Waals surface area contributed by atoms with E-state index in [1.165, 1.54) is 10.9 Å². The highest BCUT2D eigenvalue weighted by molar-refractivity contribution is 5.81. The molecular formula is C17H21N5O3. The van der Waals surface area contributed by atoms with Crippen LogP contribution in [0.3, 0.4) is 0 Å². The van der Waals surface area contributed by atoms with Crippen LogP contribution in [0.15, 0.2) is 29.3 Å². The fourth-order valence-electron chi connectivity index (χ4n) is 3.07. The van der Waals surface area contributed by atoms with Gasteiger partial charge >= 0.3 is 0 Å². The summed E-state index contributed by atoms with van der Waals surface area (Å²) in [5.41, 5.74) is 6.57. The second kappa shape index (κ2) is 7.02. The predicted molar refractivity (Wildman–Crippen MR) is 93.0 cm³/mol. The number of nitrogens with zero attached hydrogens (tertiary/aromatic N) is 4. The summed E-state index contributed by atoms with van der Waals surface area (Å²) in [5, 5.41) is 0.515. The third-order valence-electron chi connectivity index (χ3n) is 4.47. The van der Waals surface area contributed by atoms with Crippen LogP contribution in [0.2, 0.25) is 0 Å². The van der Waals surface area contributed by atoms with Crippen LogP contribution < -0.4 is 11.3 Å². The van der Waals surface area contributed by atoms with E-state index in [1.807, 2.05) is 24.0 Å². The summed E-state index contributed by atoms with van der Waals surface area (Å²) in [6.07, 6.45) is 1.43. The maximum absolute atomic E-state index is 12.6. The van der Waals surface area contributed by atoms with Crippen LogP contribution >= 0.6 is 0 Å². The zero-order valence-electron chi connectivity index (χ0n) is 14.1. The Bertz CT molecular complexity index is 868. The van der Waals surface area contributed by atoms with Crippen molar-refractivity contribution in [2.45, 2.75) is 13.5 Å². The summed E-state index contributed by atoms with van der Waals surface area (Å²) in [5.74, 6) is -0.501. The second-order valence-corrected chi connectivity index (χ2v) is 6.27. The molecule has 1 aromatic heterocycles. The Morgan fingerprint density at radius 2 is 1.88 bits per heavy atom. The first-order valence-corrected chi connectivity index (χ1v) is 8.19. The summed E-state index contributed by atoms with van der Waals surface area (Å²) in [7, 11) is 0. The number of aryl methyl sites for hydroxylation is 1. The normalized spacial score (nSPS) is 15.5. The number of aromatic nitrogens is 2. The van der Waals surface area contributed by atoms with Gasteiger partial charge in [0.2, 0.25) is 11.8 Å². The molecule has 3 rings (SSSR count). The summed E-state index contributed by atoms with van der Waals surface area (Å²) >= 11 is 0. The molecular weight excluding hydrogens is 322 g/mol. The molecule has 25 heavy (non-hydrogen) atoms. The van der Waals surface area contributed by atoms with Crippen molar-refractivity contribution in [2.24, 2.45) is 5.73 Å². The molecule has 0 aliphatic carbocycles.